The smallest absolute Gasteiger partial charge is 0.346 e. The first-order valence-electron chi connectivity index (χ1n) is 8.98. The maximum Gasteiger partial charge on any atom is 0.346 e. The van der Waals surface area contributed by atoms with Crippen LogP contribution >= 0.6 is 0 Å². The summed E-state index contributed by atoms with van der Waals surface area (Å²) >= 11 is 0. The van der Waals surface area contributed by atoms with Crippen molar-refractivity contribution < 1.29 is 9.47 Å². The molecule has 3 rings (SSSR count). The summed E-state index contributed by atoms with van der Waals surface area (Å²) in [4.78, 5) is 0. The fraction of sp³-hybridized carbons (Fsp3) is 0.350. The Morgan fingerprint density at radius 2 is 1.81 bits per heavy atom. The van der Waals surface area contributed by atoms with Gasteiger partial charge in [0.15, 0.2) is 11.5 Å². The van der Waals surface area contributed by atoms with E-state index in [4.69, 9.17) is 9.47 Å². The van der Waals surface area contributed by atoms with Gasteiger partial charge in [-0.15, -0.1) is 0 Å². The minimum absolute atomic E-state index is 0.0404. The third-order valence-corrected chi connectivity index (χ3v) is 3.77. The van der Waals surface area contributed by atoms with Gasteiger partial charge in [0.25, 0.3) is 0 Å². The Labute approximate surface area is 159 Å². The molecule has 7 heteroatoms. The second kappa shape index (κ2) is 8.18. The van der Waals surface area contributed by atoms with Crippen LogP contribution in [0.2, 0.25) is 0 Å². The first-order chi connectivity index (χ1) is 13.0. The molecule has 0 fully saturated rings. The zero-order valence-corrected chi connectivity index (χ0v) is 16.1. The minimum atomic E-state index is 0.0404. The molecule has 7 nitrogen and oxygen atoms in total. The molecule has 0 bridgehead atoms. The molecule has 0 spiro atoms. The van der Waals surface area contributed by atoms with Crippen LogP contribution in [0.1, 0.15) is 33.3 Å². The van der Waals surface area contributed by atoms with Crippen molar-refractivity contribution >= 4 is 0 Å². The van der Waals surface area contributed by atoms with Crippen LogP contribution < -0.4 is 14.8 Å². The number of hydrogen-bond donors (Lipinski definition) is 1. The molecule has 1 heterocycles. The monoisotopic (exact) mass is 367 g/mol. The lowest BCUT2D eigenvalue weighted by atomic mass is 10.1. The number of tetrazole rings is 1. The SMILES string of the molecule is CCOc1cc(CNC(C)(C)C)ccc1Oc1nnnn1-c1ccccc1. The van der Waals surface area contributed by atoms with E-state index in [1.54, 1.807) is 4.68 Å². The second-order valence-electron chi connectivity index (χ2n) is 7.13. The highest BCUT2D eigenvalue weighted by atomic mass is 16.5. The van der Waals surface area contributed by atoms with E-state index in [-0.39, 0.29) is 11.5 Å². The van der Waals surface area contributed by atoms with Crippen molar-refractivity contribution in [1.29, 1.82) is 0 Å². The summed E-state index contributed by atoms with van der Waals surface area (Å²) in [5.74, 6) is 1.23. The summed E-state index contributed by atoms with van der Waals surface area (Å²) in [5, 5.41) is 15.2. The summed E-state index contributed by atoms with van der Waals surface area (Å²) in [5.41, 5.74) is 1.98. The Hall–Kier alpha value is -2.93. The Bertz CT molecular complexity index is 872. The van der Waals surface area contributed by atoms with Crippen molar-refractivity contribution in [2.75, 3.05) is 6.61 Å². The Kier molecular flexibility index (Phi) is 5.71. The molecule has 0 aliphatic heterocycles. The maximum absolute atomic E-state index is 5.97. The number of benzene rings is 2. The van der Waals surface area contributed by atoms with E-state index in [9.17, 15) is 0 Å². The topological polar surface area (TPSA) is 74.1 Å². The van der Waals surface area contributed by atoms with Crippen LogP contribution in [0.5, 0.6) is 17.5 Å². The van der Waals surface area contributed by atoms with Crippen molar-refractivity contribution in [3.63, 3.8) is 0 Å². The maximum atomic E-state index is 5.97. The molecule has 0 unspecified atom stereocenters. The van der Waals surface area contributed by atoms with Crippen LogP contribution in [0.25, 0.3) is 5.69 Å². The van der Waals surface area contributed by atoms with Gasteiger partial charge in [-0.2, -0.15) is 4.68 Å². The third-order valence-electron chi connectivity index (χ3n) is 3.77. The lowest BCUT2D eigenvalue weighted by Gasteiger charge is -2.21. The first kappa shape index (κ1) is 18.8. The van der Waals surface area contributed by atoms with Crippen LogP contribution in [-0.4, -0.2) is 32.4 Å². The average molecular weight is 367 g/mol. The van der Waals surface area contributed by atoms with Gasteiger partial charge in [-0.1, -0.05) is 29.4 Å². The second-order valence-corrected chi connectivity index (χ2v) is 7.13. The van der Waals surface area contributed by atoms with Crippen LogP contribution in [-0.2, 0) is 6.54 Å². The van der Waals surface area contributed by atoms with Crippen molar-refractivity contribution in [3.05, 3.63) is 54.1 Å². The van der Waals surface area contributed by atoms with E-state index in [0.717, 1.165) is 17.8 Å². The van der Waals surface area contributed by atoms with E-state index in [1.807, 2.05) is 55.5 Å². The molecule has 0 atom stereocenters. The number of aromatic nitrogens is 4. The van der Waals surface area contributed by atoms with Gasteiger partial charge < -0.3 is 14.8 Å². The van der Waals surface area contributed by atoms with E-state index >= 15 is 0 Å². The Morgan fingerprint density at radius 3 is 2.52 bits per heavy atom. The van der Waals surface area contributed by atoms with E-state index in [1.165, 1.54) is 0 Å². The zero-order chi connectivity index (χ0) is 19.3. The first-order valence-corrected chi connectivity index (χ1v) is 8.98. The van der Waals surface area contributed by atoms with Crippen molar-refractivity contribution in [2.45, 2.75) is 39.8 Å². The molecule has 142 valence electrons. The van der Waals surface area contributed by atoms with Crippen LogP contribution in [0.15, 0.2) is 48.5 Å². The number of rotatable bonds is 7. The Balaban J connectivity index is 1.84. The van der Waals surface area contributed by atoms with Gasteiger partial charge in [-0.3, -0.25) is 0 Å². The largest absolute Gasteiger partial charge is 0.490 e. The van der Waals surface area contributed by atoms with E-state index in [0.29, 0.717) is 18.1 Å². The summed E-state index contributed by atoms with van der Waals surface area (Å²) in [7, 11) is 0. The molecule has 27 heavy (non-hydrogen) atoms. The lowest BCUT2D eigenvalue weighted by Crippen LogP contribution is -2.35. The van der Waals surface area contributed by atoms with Crippen LogP contribution in [0.4, 0.5) is 0 Å². The Morgan fingerprint density at radius 1 is 1.04 bits per heavy atom. The molecule has 0 amide bonds. The zero-order valence-electron chi connectivity index (χ0n) is 16.1. The summed E-state index contributed by atoms with van der Waals surface area (Å²) < 4.78 is 13.3. The number of hydrogen-bond acceptors (Lipinski definition) is 6. The standard InChI is InChI=1S/C20H25N5O2/c1-5-26-18-13-15(14-21-20(2,3)4)11-12-17(18)27-19-22-23-24-25(19)16-9-7-6-8-10-16/h6-13,21H,5,14H2,1-4H3. The number of nitrogens with zero attached hydrogens (tertiary/aromatic N) is 4. The number of nitrogens with one attached hydrogen (secondary N) is 1. The number of para-hydroxylation sites is 1. The molecular formula is C20H25N5O2. The predicted molar refractivity (Wildman–Crippen MR) is 103 cm³/mol. The highest BCUT2D eigenvalue weighted by Crippen LogP contribution is 2.32. The molecule has 0 aliphatic rings. The average Bonchev–Trinajstić information content (AvgIpc) is 3.10. The molecule has 0 radical (unpaired) electrons. The van der Waals surface area contributed by atoms with Gasteiger partial charge in [0.1, 0.15) is 0 Å². The summed E-state index contributed by atoms with van der Waals surface area (Å²) in [6.07, 6.45) is 0. The van der Waals surface area contributed by atoms with Crippen molar-refractivity contribution in [1.82, 2.24) is 25.5 Å². The molecule has 3 aromatic rings. The minimum Gasteiger partial charge on any atom is -0.490 e. The van der Waals surface area contributed by atoms with Crippen molar-refractivity contribution in [3.8, 4) is 23.2 Å². The molecular weight excluding hydrogens is 342 g/mol. The normalized spacial score (nSPS) is 11.4. The lowest BCUT2D eigenvalue weighted by molar-refractivity contribution is 0.314. The summed E-state index contributed by atoms with van der Waals surface area (Å²) in [6.45, 7) is 9.63. The van der Waals surface area contributed by atoms with Gasteiger partial charge in [-0.25, -0.2) is 0 Å². The quantitative estimate of drug-likeness (QED) is 0.686. The van der Waals surface area contributed by atoms with Gasteiger partial charge in [0.2, 0.25) is 0 Å². The molecule has 0 saturated heterocycles. The van der Waals surface area contributed by atoms with E-state index < -0.39 is 0 Å². The molecule has 2 aromatic carbocycles. The van der Waals surface area contributed by atoms with Crippen LogP contribution in [0, 0.1) is 0 Å². The van der Waals surface area contributed by atoms with Gasteiger partial charge >= 0.3 is 6.01 Å². The van der Waals surface area contributed by atoms with Crippen LogP contribution in [0.3, 0.4) is 0 Å². The molecule has 1 N–H and O–H groups in total. The van der Waals surface area contributed by atoms with Gasteiger partial charge in [0, 0.05) is 12.1 Å². The van der Waals surface area contributed by atoms with Gasteiger partial charge in [0.05, 0.1) is 12.3 Å². The molecule has 0 saturated carbocycles. The highest BCUT2D eigenvalue weighted by Gasteiger charge is 2.15. The number of ether oxygens (including phenoxy) is 2. The summed E-state index contributed by atoms with van der Waals surface area (Å²) in [6, 6.07) is 15.7. The molecule has 0 aliphatic carbocycles. The third kappa shape index (κ3) is 5.04. The highest BCUT2D eigenvalue weighted by molar-refractivity contribution is 5.45. The predicted octanol–water partition coefficient (Wildman–Crippen LogP) is 3.74. The molecule has 1 aromatic heterocycles. The van der Waals surface area contributed by atoms with Gasteiger partial charge in [-0.05, 0) is 68.0 Å². The fourth-order valence-electron chi connectivity index (χ4n) is 2.45. The fourth-order valence-corrected chi connectivity index (χ4v) is 2.45. The van der Waals surface area contributed by atoms with Crippen molar-refractivity contribution in [2.24, 2.45) is 0 Å². The van der Waals surface area contributed by atoms with E-state index in [2.05, 4.69) is 41.6 Å².